The van der Waals surface area contributed by atoms with E-state index in [1.54, 1.807) is 17.9 Å². The Bertz CT molecular complexity index is 1470. The van der Waals surface area contributed by atoms with Gasteiger partial charge in [-0.1, -0.05) is 6.07 Å². The van der Waals surface area contributed by atoms with Crippen LogP contribution in [0.5, 0.6) is 5.75 Å². The molecule has 1 aromatic carbocycles. The van der Waals surface area contributed by atoms with Gasteiger partial charge in [0.05, 0.1) is 12.6 Å². The Morgan fingerprint density at radius 1 is 1.09 bits per heavy atom. The van der Waals surface area contributed by atoms with Crippen LogP contribution in [0.25, 0.3) is 21.9 Å². The van der Waals surface area contributed by atoms with E-state index in [1.807, 2.05) is 41.3 Å². The third kappa shape index (κ3) is 4.66. The molecule has 1 fully saturated rings. The predicted molar refractivity (Wildman–Crippen MR) is 139 cm³/mol. The zero-order valence-corrected chi connectivity index (χ0v) is 20.4. The maximum absolute atomic E-state index is 13.1. The van der Waals surface area contributed by atoms with E-state index < -0.39 is 0 Å². The number of aromatic nitrogens is 4. The maximum Gasteiger partial charge on any atom is 0.278 e. The fourth-order valence-electron chi connectivity index (χ4n) is 4.62. The van der Waals surface area contributed by atoms with Crippen molar-refractivity contribution in [3.05, 3.63) is 57.7 Å². The van der Waals surface area contributed by atoms with Gasteiger partial charge in [0.1, 0.15) is 17.1 Å². The van der Waals surface area contributed by atoms with E-state index in [0.717, 1.165) is 29.8 Å². The van der Waals surface area contributed by atoms with Gasteiger partial charge in [-0.05, 0) is 55.4 Å². The zero-order valence-electron chi connectivity index (χ0n) is 19.6. The molecule has 1 aliphatic rings. The highest BCUT2D eigenvalue weighted by Crippen LogP contribution is 2.26. The normalized spacial score (nSPS) is 14.1. The van der Waals surface area contributed by atoms with Crippen LogP contribution in [0.4, 0.5) is 5.82 Å². The van der Waals surface area contributed by atoms with E-state index >= 15 is 0 Å². The van der Waals surface area contributed by atoms with Gasteiger partial charge in [-0.15, -0.1) is 0 Å². The van der Waals surface area contributed by atoms with Gasteiger partial charge >= 0.3 is 0 Å². The van der Waals surface area contributed by atoms with Crippen molar-refractivity contribution in [2.45, 2.75) is 25.8 Å². The van der Waals surface area contributed by atoms with Crippen LogP contribution in [-0.2, 0) is 11.3 Å². The minimum Gasteiger partial charge on any atom is -0.497 e. The Morgan fingerprint density at radius 3 is 2.66 bits per heavy atom. The van der Waals surface area contributed by atoms with Crippen LogP contribution in [0.3, 0.4) is 0 Å². The van der Waals surface area contributed by atoms with Crippen LogP contribution in [0, 0.1) is 4.77 Å². The molecule has 0 bridgehead atoms. The van der Waals surface area contributed by atoms with Crippen LogP contribution in [-0.4, -0.2) is 63.6 Å². The highest BCUT2D eigenvalue weighted by molar-refractivity contribution is 7.71. The number of amides is 1. The molecular weight excluding hydrogens is 464 g/mol. The highest BCUT2D eigenvalue weighted by Gasteiger charge is 2.21. The zero-order chi connectivity index (χ0) is 24.4. The summed E-state index contributed by atoms with van der Waals surface area (Å²) in [7, 11) is 1.61. The van der Waals surface area contributed by atoms with Gasteiger partial charge in [0.15, 0.2) is 4.77 Å². The number of hydrogen-bond donors (Lipinski definition) is 2. The fourth-order valence-corrected chi connectivity index (χ4v) is 4.90. The second-order valence-corrected chi connectivity index (χ2v) is 9.07. The van der Waals surface area contributed by atoms with Crippen LogP contribution in [0.1, 0.15) is 19.3 Å². The van der Waals surface area contributed by atoms with Gasteiger partial charge in [-0.2, -0.15) is 0 Å². The number of carbonyl (C=O) groups is 1. The quantitative estimate of drug-likeness (QED) is 0.303. The molecule has 4 aromatic rings. The first-order valence-corrected chi connectivity index (χ1v) is 12.2. The van der Waals surface area contributed by atoms with E-state index in [1.165, 1.54) is 0 Å². The molecule has 182 valence electrons. The number of anilines is 1. The number of piperazine rings is 1. The average molecular weight is 493 g/mol. The fraction of sp³-hybridized carbons (Fsp3) is 0.360. The molecule has 9 nitrogen and oxygen atoms in total. The summed E-state index contributed by atoms with van der Waals surface area (Å²) in [6.45, 7) is 3.42. The van der Waals surface area contributed by atoms with Crippen molar-refractivity contribution in [3.63, 3.8) is 0 Å². The molecule has 0 aliphatic carbocycles. The molecule has 0 radical (unpaired) electrons. The number of methoxy groups -OCH3 is 1. The number of nitrogens with zero attached hydrogens (tertiary/aromatic N) is 4. The number of aromatic amines is 2. The Morgan fingerprint density at radius 2 is 1.91 bits per heavy atom. The van der Waals surface area contributed by atoms with Crippen molar-refractivity contribution in [1.82, 2.24) is 24.4 Å². The van der Waals surface area contributed by atoms with Crippen molar-refractivity contribution in [3.8, 4) is 5.75 Å². The molecule has 3 aromatic heterocycles. The SMILES string of the molecule is COc1ccc2[nH]c3c(=O)n(CCCCC(=O)N4CCN(c5ccccn5)CC4)c(=S)[nH]c3c2c1. The number of nitrogens with one attached hydrogen (secondary N) is 2. The standard InChI is InChI=1S/C25H28N6O3S/c1-34-17-8-9-19-18(16-17)22-23(27-19)24(33)31(25(35)28-22)11-5-3-7-21(32)30-14-12-29(13-15-30)20-6-2-4-10-26-20/h2,4,6,8-10,16,27H,3,5,7,11-15H2,1H3,(H,28,35). The molecule has 2 N–H and O–H groups in total. The second-order valence-electron chi connectivity index (χ2n) is 8.69. The summed E-state index contributed by atoms with van der Waals surface area (Å²) in [4.78, 5) is 40.7. The highest BCUT2D eigenvalue weighted by atomic mass is 32.1. The predicted octanol–water partition coefficient (Wildman–Crippen LogP) is 3.46. The third-order valence-corrected chi connectivity index (χ3v) is 6.89. The van der Waals surface area contributed by atoms with Gasteiger partial charge in [-0.3, -0.25) is 14.2 Å². The summed E-state index contributed by atoms with van der Waals surface area (Å²) in [5.41, 5.74) is 1.86. The Kier molecular flexibility index (Phi) is 6.54. The Labute approximate surface area is 207 Å². The Hall–Kier alpha value is -3.66. The molecule has 1 saturated heterocycles. The van der Waals surface area contributed by atoms with Gasteiger partial charge < -0.3 is 24.5 Å². The minimum absolute atomic E-state index is 0.156. The summed E-state index contributed by atoms with van der Waals surface area (Å²) >= 11 is 5.49. The molecule has 1 amide bonds. The summed E-state index contributed by atoms with van der Waals surface area (Å²) in [6, 6.07) is 11.5. The number of fused-ring (bicyclic) bond motifs is 3. The molecule has 1 aliphatic heterocycles. The lowest BCUT2D eigenvalue weighted by Crippen LogP contribution is -2.49. The van der Waals surface area contributed by atoms with Crippen molar-refractivity contribution < 1.29 is 9.53 Å². The van der Waals surface area contributed by atoms with E-state index in [0.29, 0.717) is 60.5 Å². The lowest BCUT2D eigenvalue weighted by atomic mass is 10.2. The number of benzene rings is 1. The molecular formula is C25H28N6O3S. The Balaban J connectivity index is 1.18. The summed E-state index contributed by atoms with van der Waals surface area (Å²) in [5, 5.41) is 0.864. The van der Waals surface area contributed by atoms with Gasteiger partial charge in [0.2, 0.25) is 5.91 Å². The van der Waals surface area contributed by atoms with E-state index in [2.05, 4.69) is 19.9 Å². The van der Waals surface area contributed by atoms with Crippen molar-refractivity contribution in [2.75, 3.05) is 38.2 Å². The number of pyridine rings is 1. The molecule has 0 spiro atoms. The molecule has 0 atom stereocenters. The van der Waals surface area contributed by atoms with Crippen molar-refractivity contribution in [2.24, 2.45) is 0 Å². The number of carbonyl (C=O) groups excluding carboxylic acids is 1. The molecule has 10 heteroatoms. The number of rotatable bonds is 7. The number of H-pyrrole nitrogens is 2. The van der Waals surface area contributed by atoms with Crippen LogP contribution < -0.4 is 15.2 Å². The summed E-state index contributed by atoms with van der Waals surface area (Å²) in [6.07, 6.45) is 3.64. The topological polar surface area (TPSA) is 99.2 Å². The number of ether oxygens (including phenoxy) is 1. The third-order valence-electron chi connectivity index (χ3n) is 6.57. The smallest absolute Gasteiger partial charge is 0.278 e. The molecule has 0 saturated carbocycles. The van der Waals surface area contributed by atoms with Gasteiger partial charge in [0, 0.05) is 56.2 Å². The molecule has 35 heavy (non-hydrogen) atoms. The minimum atomic E-state index is -0.157. The monoisotopic (exact) mass is 492 g/mol. The first-order chi connectivity index (χ1) is 17.0. The second kappa shape index (κ2) is 9.91. The van der Waals surface area contributed by atoms with Crippen LogP contribution >= 0.6 is 12.2 Å². The average Bonchev–Trinajstić information content (AvgIpc) is 3.26. The largest absolute Gasteiger partial charge is 0.497 e. The first kappa shape index (κ1) is 23.1. The summed E-state index contributed by atoms with van der Waals surface area (Å²) in [5.74, 6) is 1.82. The van der Waals surface area contributed by atoms with Crippen LogP contribution in [0.2, 0.25) is 0 Å². The summed E-state index contributed by atoms with van der Waals surface area (Å²) < 4.78 is 7.25. The number of unbranched alkanes of at least 4 members (excludes halogenated alkanes) is 1. The van der Waals surface area contributed by atoms with Gasteiger partial charge in [0.25, 0.3) is 5.56 Å². The van der Waals surface area contributed by atoms with E-state index in [9.17, 15) is 9.59 Å². The van der Waals surface area contributed by atoms with Crippen molar-refractivity contribution in [1.29, 1.82) is 0 Å². The van der Waals surface area contributed by atoms with Crippen molar-refractivity contribution >= 4 is 45.9 Å². The maximum atomic E-state index is 13.1. The molecule has 5 rings (SSSR count). The van der Waals surface area contributed by atoms with Gasteiger partial charge in [-0.25, -0.2) is 4.98 Å². The van der Waals surface area contributed by atoms with Crippen LogP contribution in [0.15, 0.2) is 47.4 Å². The lowest BCUT2D eigenvalue weighted by molar-refractivity contribution is -0.131. The number of hydrogen-bond acceptors (Lipinski definition) is 6. The molecule has 4 heterocycles. The van der Waals surface area contributed by atoms with E-state index in [4.69, 9.17) is 17.0 Å². The van der Waals surface area contributed by atoms with E-state index in [-0.39, 0.29) is 11.5 Å². The molecule has 0 unspecified atom stereocenters. The lowest BCUT2D eigenvalue weighted by Gasteiger charge is -2.35. The first-order valence-electron chi connectivity index (χ1n) is 11.8.